The molecule has 2 N–H and O–H groups in total. The van der Waals surface area contributed by atoms with Crippen LogP contribution in [0.2, 0.25) is 0 Å². The second-order valence-corrected chi connectivity index (χ2v) is 5.69. The number of non-ortho nitro benzene ring substituents is 1. The van der Waals surface area contributed by atoms with Gasteiger partial charge < -0.3 is 0 Å². The molecule has 2 rings (SSSR count). The summed E-state index contributed by atoms with van der Waals surface area (Å²) in [5.74, 6) is -0.710. The number of aromatic nitrogens is 3. The molecule has 11 heteroatoms. The Morgan fingerprint density at radius 2 is 2.19 bits per heavy atom. The number of hydrogen-bond acceptors (Lipinski definition) is 6. The molecule has 1 aromatic heterocycles. The molecule has 2 aromatic rings. The number of nitrogens with one attached hydrogen (secondary N) is 2. The van der Waals surface area contributed by atoms with Gasteiger partial charge in [-0.1, -0.05) is 0 Å². The van der Waals surface area contributed by atoms with Gasteiger partial charge >= 0.3 is 0 Å². The molecule has 0 spiro atoms. The second-order valence-electron chi connectivity index (χ2n) is 3.95. The molecule has 0 unspecified atom stereocenters. The molecule has 112 valence electrons. The Labute approximate surface area is 118 Å². The van der Waals surface area contributed by atoms with Gasteiger partial charge in [0.25, 0.3) is 5.69 Å². The summed E-state index contributed by atoms with van der Waals surface area (Å²) in [6.07, 6.45) is 1.52. The summed E-state index contributed by atoms with van der Waals surface area (Å²) in [6, 6.07) is 2.34. The van der Waals surface area contributed by atoms with Crippen LogP contribution >= 0.6 is 0 Å². The largest absolute Gasteiger partial charge is 0.272 e. The van der Waals surface area contributed by atoms with Crippen molar-refractivity contribution in [2.45, 2.75) is 11.3 Å². The average Bonchev–Trinajstić information content (AvgIpc) is 2.91. The van der Waals surface area contributed by atoms with E-state index in [1.165, 1.54) is 6.33 Å². The van der Waals surface area contributed by atoms with E-state index in [-0.39, 0.29) is 13.0 Å². The number of sulfonamides is 1. The third kappa shape index (κ3) is 3.58. The van der Waals surface area contributed by atoms with Crippen LogP contribution < -0.4 is 4.72 Å². The summed E-state index contributed by atoms with van der Waals surface area (Å²) in [6.45, 7) is -0.0199. The normalized spacial score (nSPS) is 11.5. The molecule has 0 saturated carbocycles. The Morgan fingerprint density at radius 3 is 2.76 bits per heavy atom. The number of nitro groups is 1. The Kier molecular flexibility index (Phi) is 4.23. The lowest BCUT2D eigenvalue weighted by Gasteiger charge is -2.06. The highest BCUT2D eigenvalue weighted by atomic mass is 32.2. The Morgan fingerprint density at radius 1 is 1.43 bits per heavy atom. The lowest BCUT2D eigenvalue weighted by Crippen LogP contribution is -2.27. The minimum Gasteiger partial charge on any atom is -0.263 e. The molecule has 0 bridgehead atoms. The fraction of sp³-hybridized carbons (Fsp3) is 0.200. The Hall–Kier alpha value is -2.40. The lowest BCUT2D eigenvalue weighted by molar-refractivity contribution is -0.385. The number of benzene rings is 1. The van der Waals surface area contributed by atoms with Gasteiger partial charge in [-0.05, 0) is 6.07 Å². The monoisotopic (exact) mass is 315 g/mol. The molecule has 0 amide bonds. The first kappa shape index (κ1) is 15.0. The van der Waals surface area contributed by atoms with Crippen molar-refractivity contribution < 1.29 is 17.7 Å². The van der Waals surface area contributed by atoms with Crippen molar-refractivity contribution in [1.29, 1.82) is 0 Å². The van der Waals surface area contributed by atoms with Crippen molar-refractivity contribution in [3.63, 3.8) is 0 Å². The van der Waals surface area contributed by atoms with Gasteiger partial charge in [0.2, 0.25) is 10.0 Å². The van der Waals surface area contributed by atoms with Gasteiger partial charge in [0.05, 0.1) is 11.0 Å². The van der Waals surface area contributed by atoms with Gasteiger partial charge in [-0.2, -0.15) is 5.10 Å². The van der Waals surface area contributed by atoms with Crippen LogP contribution in [-0.2, 0) is 16.4 Å². The maximum atomic E-state index is 13.7. The maximum absolute atomic E-state index is 13.7. The van der Waals surface area contributed by atoms with Gasteiger partial charge in [-0.3, -0.25) is 15.2 Å². The van der Waals surface area contributed by atoms with E-state index in [1.54, 1.807) is 0 Å². The van der Waals surface area contributed by atoms with E-state index < -0.39 is 31.3 Å². The number of nitro benzene ring substituents is 1. The van der Waals surface area contributed by atoms with Gasteiger partial charge in [0.1, 0.15) is 22.9 Å². The fourth-order valence-corrected chi connectivity index (χ4v) is 2.64. The van der Waals surface area contributed by atoms with Crippen LogP contribution in [0.3, 0.4) is 0 Å². The molecular weight excluding hydrogens is 305 g/mol. The molecule has 1 aromatic carbocycles. The number of H-pyrrole nitrogens is 1. The van der Waals surface area contributed by atoms with Gasteiger partial charge in [0, 0.05) is 19.0 Å². The van der Waals surface area contributed by atoms with Gasteiger partial charge in [-0.15, -0.1) is 0 Å². The first-order valence-electron chi connectivity index (χ1n) is 5.68. The first-order valence-corrected chi connectivity index (χ1v) is 7.16. The molecule has 0 saturated heterocycles. The fourth-order valence-electron chi connectivity index (χ4n) is 1.55. The van der Waals surface area contributed by atoms with Crippen LogP contribution in [0.25, 0.3) is 0 Å². The van der Waals surface area contributed by atoms with E-state index in [4.69, 9.17) is 0 Å². The zero-order chi connectivity index (χ0) is 15.5. The van der Waals surface area contributed by atoms with E-state index in [1.807, 2.05) is 0 Å². The summed E-state index contributed by atoms with van der Waals surface area (Å²) in [7, 11) is -4.10. The van der Waals surface area contributed by atoms with Crippen LogP contribution in [0.4, 0.5) is 10.1 Å². The predicted molar refractivity (Wildman–Crippen MR) is 68.3 cm³/mol. The van der Waals surface area contributed by atoms with Crippen molar-refractivity contribution in [2.75, 3.05) is 6.54 Å². The summed E-state index contributed by atoms with van der Waals surface area (Å²) in [5.41, 5.74) is -0.520. The molecule has 9 nitrogen and oxygen atoms in total. The van der Waals surface area contributed by atoms with E-state index in [0.717, 1.165) is 12.1 Å². The van der Waals surface area contributed by atoms with Crippen molar-refractivity contribution in [1.82, 2.24) is 19.9 Å². The summed E-state index contributed by atoms with van der Waals surface area (Å²) < 4.78 is 39.6. The number of nitrogens with zero attached hydrogens (tertiary/aromatic N) is 3. The van der Waals surface area contributed by atoms with Crippen LogP contribution in [0, 0.1) is 15.9 Å². The highest BCUT2D eigenvalue weighted by molar-refractivity contribution is 7.89. The van der Waals surface area contributed by atoms with Crippen molar-refractivity contribution >= 4 is 15.7 Å². The predicted octanol–water partition coefficient (Wildman–Crippen LogP) is 0.373. The summed E-state index contributed by atoms with van der Waals surface area (Å²) in [4.78, 5) is 12.8. The lowest BCUT2D eigenvalue weighted by atomic mass is 10.3. The Bertz CT molecular complexity index is 747. The van der Waals surface area contributed by atoms with Crippen LogP contribution in [-0.4, -0.2) is 35.1 Å². The third-order valence-corrected chi connectivity index (χ3v) is 4.03. The standard InChI is InChI=1S/C10H10FN5O4S/c11-8-5-7(16(17)18)1-2-9(8)21(19,20)14-4-3-10-12-6-13-15-10/h1-2,5-6,14H,3-4H2,(H,12,13,15). The molecule has 0 aliphatic carbocycles. The van der Waals surface area contributed by atoms with E-state index >= 15 is 0 Å². The highest BCUT2D eigenvalue weighted by Crippen LogP contribution is 2.20. The van der Waals surface area contributed by atoms with Crippen molar-refractivity contribution in [3.8, 4) is 0 Å². The number of halogens is 1. The SMILES string of the molecule is O=[N+]([O-])c1ccc(S(=O)(=O)NCCc2ncn[nH]2)c(F)c1. The summed E-state index contributed by atoms with van der Waals surface area (Å²) >= 11 is 0. The van der Waals surface area contributed by atoms with Crippen molar-refractivity contribution in [3.05, 3.63) is 46.3 Å². The van der Waals surface area contributed by atoms with E-state index in [2.05, 4.69) is 19.9 Å². The number of rotatable bonds is 6. The highest BCUT2D eigenvalue weighted by Gasteiger charge is 2.21. The molecule has 1 heterocycles. The zero-order valence-corrected chi connectivity index (χ0v) is 11.3. The molecule has 0 radical (unpaired) electrons. The second kappa shape index (κ2) is 5.93. The molecule has 0 aliphatic rings. The van der Waals surface area contributed by atoms with Crippen LogP contribution in [0.15, 0.2) is 29.4 Å². The third-order valence-electron chi connectivity index (χ3n) is 2.53. The number of hydrogen-bond donors (Lipinski definition) is 2. The Balaban J connectivity index is 2.10. The molecular formula is C10H10FN5O4S. The molecule has 21 heavy (non-hydrogen) atoms. The quantitative estimate of drug-likeness (QED) is 0.585. The zero-order valence-electron chi connectivity index (χ0n) is 10.5. The summed E-state index contributed by atoms with van der Waals surface area (Å²) in [5, 5.41) is 16.6. The van der Waals surface area contributed by atoms with Crippen LogP contribution in [0.5, 0.6) is 0 Å². The average molecular weight is 315 g/mol. The molecule has 0 aliphatic heterocycles. The van der Waals surface area contributed by atoms with E-state index in [9.17, 15) is 22.9 Å². The van der Waals surface area contributed by atoms with Gasteiger partial charge in [0.15, 0.2) is 0 Å². The molecule has 0 atom stereocenters. The number of aromatic amines is 1. The van der Waals surface area contributed by atoms with Crippen molar-refractivity contribution in [2.24, 2.45) is 0 Å². The molecule has 0 fully saturated rings. The topological polar surface area (TPSA) is 131 Å². The van der Waals surface area contributed by atoms with Crippen LogP contribution in [0.1, 0.15) is 5.82 Å². The van der Waals surface area contributed by atoms with Gasteiger partial charge in [-0.25, -0.2) is 22.5 Å². The minimum atomic E-state index is -4.10. The van der Waals surface area contributed by atoms with E-state index in [0.29, 0.717) is 11.9 Å². The minimum absolute atomic E-state index is 0.0199. The maximum Gasteiger partial charge on any atom is 0.272 e. The smallest absolute Gasteiger partial charge is 0.263 e. The first-order chi connectivity index (χ1) is 9.90.